The zero-order valence-electron chi connectivity index (χ0n) is 4.85. The maximum atomic E-state index is 10.4. The number of terminal acetylenes is 1. The van der Waals surface area contributed by atoms with E-state index in [-0.39, 0.29) is 12.2 Å². The molecule has 0 aliphatic heterocycles. The minimum absolute atomic E-state index is 0.00463. The Kier molecular flexibility index (Phi) is 3.60. The van der Waals surface area contributed by atoms with Crippen LogP contribution in [0.15, 0.2) is 12.2 Å². The van der Waals surface area contributed by atoms with E-state index in [1.807, 2.05) is 0 Å². The van der Waals surface area contributed by atoms with Crippen LogP contribution in [0.5, 0.6) is 0 Å². The van der Waals surface area contributed by atoms with Crippen molar-refractivity contribution in [2.24, 2.45) is 0 Å². The Labute approximate surface area is 49.4 Å². The SMILES string of the molecule is C#CCC(=O)/C=C/C. The standard InChI is InChI=1S/C7H8O/c1-3-5-7(8)6-4-2/h1,4,6H,5H2,2H3/b6-4+. The fraction of sp³-hybridized carbons (Fsp3) is 0.286. The summed E-state index contributed by atoms with van der Waals surface area (Å²) in [6, 6.07) is 0. The van der Waals surface area contributed by atoms with Crippen molar-refractivity contribution in [3.05, 3.63) is 12.2 Å². The van der Waals surface area contributed by atoms with Crippen molar-refractivity contribution >= 4 is 5.78 Å². The molecule has 0 unspecified atom stereocenters. The monoisotopic (exact) mass is 108 g/mol. The summed E-state index contributed by atoms with van der Waals surface area (Å²) in [5.74, 6) is 2.25. The lowest BCUT2D eigenvalue weighted by Gasteiger charge is -1.78. The van der Waals surface area contributed by atoms with Gasteiger partial charge in [0.05, 0.1) is 6.42 Å². The van der Waals surface area contributed by atoms with E-state index in [0.717, 1.165) is 0 Å². The number of ketones is 1. The predicted octanol–water partition coefficient (Wildman–Crippen LogP) is 1.15. The van der Waals surface area contributed by atoms with Gasteiger partial charge in [-0.1, -0.05) is 12.0 Å². The maximum Gasteiger partial charge on any atom is 0.167 e. The van der Waals surface area contributed by atoms with Crippen LogP contribution >= 0.6 is 0 Å². The van der Waals surface area contributed by atoms with Crippen LogP contribution in [0.25, 0.3) is 0 Å². The summed E-state index contributed by atoms with van der Waals surface area (Å²) in [6.45, 7) is 1.79. The number of carbonyl (C=O) groups excluding carboxylic acids is 1. The summed E-state index contributed by atoms with van der Waals surface area (Å²) < 4.78 is 0. The molecule has 0 radical (unpaired) electrons. The molecule has 0 aromatic heterocycles. The Hall–Kier alpha value is -1.03. The molecule has 0 N–H and O–H groups in total. The molecule has 1 nitrogen and oxygen atoms in total. The van der Waals surface area contributed by atoms with Gasteiger partial charge in [0.15, 0.2) is 5.78 Å². The van der Waals surface area contributed by atoms with Crippen molar-refractivity contribution < 1.29 is 4.79 Å². The average molecular weight is 108 g/mol. The summed E-state index contributed by atoms with van der Waals surface area (Å²) in [4.78, 5) is 10.4. The first-order valence-electron chi connectivity index (χ1n) is 2.40. The third-order valence-electron chi connectivity index (χ3n) is 0.629. The van der Waals surface area contributed by atoms with E-state index >= 15 is 0 Å². The zero-order valence-corrected chi connectivity index (χ0v) is 4.85. The normalized spacial score (nSPS) is 9.00. The van der Waals surface area contributed by atoms with Crippen LogP contribution in [0, 0.1) is 12.3 Å². The van der Waals surface area contributed by atoms with Crippen LogP contribution in [0.1, 0.15) is 13.3 Å². The van der Waals surface area contributed by atoms with Crippen molar-refractivity contribution in [1.82, 2.24) is 0 Å². The first-order chi connectivity index (χ1) is 3.81. The molecule has 8 heavy (non-hydrogen) atoms. The largest absolute Gasteiger partial charge is 0.294 e. The van der Waals surface area contributed by atoms with Crippen molar-refractivity contribution in [2.45, 2.75) is 13.3 Å². The fourth-order valence-corrected chi connectivity index (χ4v) is 0.345. The Morgan fingerprint density at radius 3 is 2.88 bits per heavy atom. The van der Waals surface area contributed by atoms with Gasteiger partial charge in [0, 0.05) is 0 Å². The van der Waals surface area contributed by atoms with Gasteiger partial charge < -0.3 is 0 Å². The molecular formula is C7H8O. The van der Waals surface area contributed by atoms with Crippen LogP contribution in [0.4, 0.5) is 0 Å². The molecule has 0 fully saturated rings. The van der Waals surface area contributed by atoms with Crippen LogP contribution in [-0.2, 0) is 4.79 Å². The fourth-order valence-electron chi connectivity index (χ4n) is 0.345. The van der Waals surface area contributed by atoms with Crippen LogP contribution < -0.4 is 0 Å². The van der Waals surface area contributed by atoms with E-state index < -0.39 is 0 Å². The summed E-state index contributed by atoms with van der Waals surface area (Å²) in [5, 5.41) is 0. The Bertz CT molecular complexity index is 137. The number of hydrogen-bond acceptors (Lipinski definition) is 1. The molecule has 0 aromatic carbocycles. The molecule has 0 saturated carbocycles. The molecule has 0 heterocycles. The first kappa shape index (κ1) is 6.97. The van der Waals surface area contributed by atoms with Crippen molar-refractivity contribution in [3.8, 4) is 12.3 Å². The number of hydrogen-bond donors (Lipinski definition) is 0. The summed E-state index contributed by atoms with van der Waals surface area (Å²) in [6.07, 6.45) is 8.22. The highest BCUT2D eigenvalue weighted by Gasteiger charge is 1.87. The molecule has 0 saturated heterocycles. The van der Waals surface area contributed by atoms with Crippen LogP contribution in [0.3, 0.4) is 0 Å². The number of rotatable bonds is 2. The van der Waals surface area contributed by atoms with E-state index in [4.69, 9.17) is 6.42 Å². The molecule has 0 aromatic rings. The summed E-state index contributed by atoms with van der Waals surface area (Å²) >= 11 is 0. The molecule has 0 rings (SSSR count). The van der Waals surface area contributed by atoms with E-state index in [9.17, 15) is 4.79 Å². The van der Waals surface area contributed by atoms with Gasteiger partial charge in [-0.2, -0.15) is 0 Å². The first-order valence-corrected chi connectivity index (χ1v) is 2.40. The van der Waals surface area contributed by atoms with Gasteiger partial charge in [0.25, 0.3) is 0 Å². The zero-order chi connectivity index (χ0) is 6.41. The lowest BCUT2D eigenvalue weighted by molar-refractivity contribution is -0.113. The van der Waals surface area contributed by atoms with E-state index in [0.29, 0.717) is 0 Å². The minimum atomic E-state index is -0.00463. The minimum Gasteiger partial charge on any atom is -0.294 e. The maximum absolute atomic E-state index is 10.4. The third kappa shape index (κ3) is 3.17. The molecule has 0 aliphatic carbocycles. The van der Waals surface area contributed by atoms with E-state index in [1.54, 1.807) is 13.0 Å². The highest BCUT2D eigenvalue weighted by atomic mass is 16.1. The topological polar surface area (TPSA) is 17.1 Å². The molecular weight excluding hydrogens is 100 g/mol. The molecule has 0 bridgehead atoms. The lowest BCUT2D eigenvalue weighted by atomic mass is 10.3. The van der Waals surface area contributed by atoms with Gasteiger partial charge >= 0.3 is 0 Å². The third-order valence-corrected chi connectivity index (χ3v) is 0.629. The number of allylic oxidation sites excluding steroid dienone is 2. The molecule has 0 atom stereocenters. The van der Waals surface area contributed by atoms with Gasteiger partial charge in [-0.05, 0) is 13.0 Å². The highest BCUT2D eigenvalue weighted by Crippen LogP contribution is 1.80. The quantitative estimate of drug-likeness (QED) is 0.383. The van der Waals surface area contributed by atoms with Gasteiger partial charge in [-0.3, -0.25) is 4.79 Å². The van der Waals surface area contributed by atoms with E-state index in [2.05, 4.69) is 5.92 Å². The van der Waals surface area contributed by atoms with Crippen LogP contribution in [0.2, 0.25) is 0 Å². The molecule has 42 valence electrons. The predicted molar refractivity (Wildman–Crippen MR) is 33.3 cm³/mol. The Balaban J connectivity index is 3.53. The second-order valence-corrected chi connectivity index (χ2v) is 1.35. The average Bonchev–Trinajstić information content (AvgIpc) is 1.68. The van der Waals surface area contributed by atoms with Crippen molar-refractivity contribution in [2.75, 3.05) is 0 Å². The molecule has 1 heteroatoms. The number of carbonyl (C=O) groups is 1. The smallest absolute Gasteiger partial charge is 0.167 e. The van der Waals surface area contributed by atoms with Crippen molar-refractivity contribution in [1.29, 1.82) is 0 Å². The summed E-state index contributed by atoms with van der Waals surface area (Å²) in [5.41, 5.74) is 0. The summed E-state index contributed by atoms with van der Waals surface area (Å²) in [7, 11) is 0. The van der Waals surface area contributed by atoms with E-state index in [1.165, 1.54) is 6.08 Å². The van der Waals surface area contributed by atoms with Gasteiger partial charge in [0.1, 0.15) is 0 Å². The van der Waals surface area contributed by atoms with Gasteiger partial charge in [0.2, 0.25) is 0 Å². The molecule has 0 spiro atoms. The Morgan fingerprint density at radius 1 is 1.88 bits per heavy atom. The van der Waals surface area contributed by atoms with Gasteiger partial charge in [-0.15, -0.1) is 6.42 Å². The molecule has 0 amide bonds. The Morgan fingerprint density at radius 2 is 2.50 bits per heavy atom. The molecule has 0 aliphatic rings. The highest BCUT2D eigenvalue weighted by molar-refractivity contribution is 5.91. The van der Waals surface area contributed by atoms with Crippen LogP contribution in [-0.4, -0.2) is 5.78 Å². The second-order valence-electron chi connectivity index (χ2n) is 1.35. The lowest BCUT2D eigenvalue weighted by Crippen LogP contribution is -1.86. The van der Waals surface area contributed by atoms with Gasteiger partial charge in [-0.25, -0.2) is 0 Å². The second kappa shape index (κ2) is 4.14. The van der Waals surface area contributed by atoms with Crippen molar-refractivity contribution in [3.63, 3.8) is 0 Å².